The number of rotatable bonds is 4. The Labute approximate surface area is 141 Å². The highest BCUT2D eigenvalue weighted by molar-refractivity contribution is 6.05. The van der Waals surface area contributed by atoms with Crippen LogP contribution in [0.3, 0.4) is 0 Å². The Morgan fingerprint density at radius 3 is 2.67 bits per heavy atom. The van der Waals surface area contributed by atoms with Crippen LogP contribution in [0.4, 0.5) is 11.4 Å². The third-order valence-electron chi connectivity index (χ3n) is 3.92. The number of hydrogen-bond acceptors (Lipinski definition) is 3. The molecule has 3 rings (SSSR count). The van der Waals surface area contributed by atoms with Crippen molar-refractivity contribution >= 4 is 23.2 Å². The molecule has 0 radical (unpaired) electrons. The average Bonchev–Trinajstić information content (AvgIpc) is 2.58. The van der Waals surface area contributed by atoms with Crippen molar-refractivity contribution in [3.63, 3.8) is 0 Å². The van der Waals surface area contributed by atoms with Gasteiger partial charge in [-0.1, -0.05) is 24.6 Å². The van der Waals surface area contributed by atoms with Gasteiger partial charge in [-0.3, -0.25) is 9.59 Å². The summed E-state index contributed by atoms with van der Waals surface area (Å²) in [5.74, 6) is 0.401. The van der Waals surface area contributed by atoms with Crippen molar-refractivity contribution < 1.29 is 14.3 Å². The number of fused-ring (bicyclic) bond motifs is 1. The number of carbonyl (C=O) groups excluding carboxylic acids is 2. The van der Waals surface area contributed by atoms with Crippen LogP contribution < -0.4 is 15.0 Å². The first-order chi connectivity index (χ1) is 11.6. The van der Waals surface area contributed by atoms with Gasteiger partial charge in [0, 0.05) is 23.9 Å². The van der Waals surface area contributed by atoms with E-state index in [2.05, 4.69) is 5.32 Å². The van der Waals surface area contributed by atoms with E-state index in [1.165, 1.54) is 0 Å². The molecule has 24 heavy (non-hydrogen) atoms. The van der Waals surface area contributed by atoms with Crippen molar-refractivity contribution in [1.29, 1.82) is 0 Å². The summed E-state index contributed by atoms with van der Waals surface area (Å²) in [6.07, 6.45) is 0.872. The highest BCUT2D eigenvalue weighted by atomic mass is 16.5. The van der Waals surface area contributed by atoms with Crippen LogP contribution in [0.25, 0.3) is 0 Å². The molecule has 2 amide bonds. The Kier molecular flexibility index (Phi) is 4.51. The van der Waals surface area contributed by atoms with Crippen LogP contribution >= 0.6 is 0 Å². The maximum absolute atomic E-state index is 12.3. The lowest BCUT2D eigenvalue weighted by Crippen LogP contribution is -2.39. The number of hydrogen-bond donors (Lipinski definition) is 1. The average molecular weight is 324 g/mol. The summed E-state index contributed by atoms with van der Waals surface area (Å²) in [7, 11) is 0. The number of amides is 2. The Bertz CT molecular complexity index is 769. The van der Waals surface area contributed by atoms with E-state index in [9.17, 15) is 9.59 Å². The topological polar surface area (TPSA) is 58.6 Å². The van der Waals surface area contributed by atoms with Gasteiger partial charge in [0.1, 0.15) is 5.75 Å². The predicted octanol–water partition coefficient (Wildman–Crippen LogP) is 3.38. The zero-order valence-corrected chi connectivity index (χ0v) is 13.8. The number of nitrogens with zero attached hydrogens (tertiary/aromatic N) is 1. The Morgan fingerprint density at radius 1 is 1.21 bits per heavy atom. The highest BCUT2D eigenvalue weighted by Gasteiger charge is 2.25. The minimum Gasteiger partial charge on any atom is -0.481 e. The van der Waals surface area contributed by atoms with E-state index >= 15 is 0 Å². The quantitative estimate of drug-likeness (QED) is 0.938. The van der Waals surface area contributed by atoms with Crippen LogP contribution in [-0.2, 0) is 4.79 Å². The van der Waals surface area contributed by atoms with Gasteiger partial charge in [0.15, 0.2) is 6.61 Å². The normalized spacial score (nSPS) is 13.2. The standard InChI is InChI=1S/C19H20N2O3/c1-3-10-21-16-9-8-15(11-17(16)24-12-18(21)22)20-19(23)14-6-4-13(2)5-7-14/h4-9,11H,3,10,12H2,1-2H3,(H,20,23). The fourth-order valence-electron chi connectivity index (χ4n) is 2.66. The summed E-state index contributed by atoms with van der Waals surface area (Å²) in [5, 5.41) is 2.86. The van der Waals surface area contributed by atoms with E-state index in [1.54, 1.807) is 29.2 Å². The molecule has 1 N–H and O–H groups in total. The van der Waals surface area contributed by atoms with Crippen LogP contribution in [0.15, 0.2) is 42.5 Å². The highest BCUT2D eigenvalue weighted by Crippen LogP contribution is 2.34. The van der Waals surface area contributed by atoms with Gasteiger partial charge in [-0.05, 0) is 37.6 Å². The summed E-state index contributed by atoms with van der Waals surface area (Å²) in [4.78, 5) is 26.0. The van der Waals surface area contributed by atoms with Crippen molar-refractivity contribution in [2.45, 2.75) is 20.3 Å². The lowest BCUT2D eigenvalue weighted by atomic mass is 10.1. The first-order valence-corrected chi connectivity index (χ1v) is 8.03. The molecule has 0 saturated carbocycles. The van der Waals surface area contributed by atoms with Crippen LogP contribution in [-0.4, -0.2) is 25.0 Å². The largest absolute Gasteiger partial charge is 0.481 e. The molecule has 0 fully saturated rings. The van der Waals surface area contributed by atoms with Crippen LogP contribution in [0.5, 0.6) is 5.75 Å². The second kappa shape index (κ2) is 6.74. The molecule has 2 aromatic carbocycles. The van der Waals surface area contributed by atoms with Crippen molar-refractivity contribution in [3.8, 4) is 5.75 Å². The van der Waals surface area contributed by atoms with Crippen molar-refractivity contribution in [3.05, 3.63) is 53.6 Å². The van der Waals surface area contributed by atoms with Crippen molar-refractivity contribution in [1.82, 2.24) is 0 Å². The number of ether oxygens (including phenoxy) is 1. The molecule has 2 aromatic rings. The lowest BCUT2D eigenvalue weighted by molar-refractivity contribution is -0.121. The molecule has 0 aromatic heterocycles. The second-order valence-corrected chi connectivity index (χ2v) is 5.84. The number of benzene rings is 2. The van der Waals surface area contributed by atoms with Crippen LogP contribution in [0, 0.1) is 6.92 Å². The molecule has 1 heterocycles. The van der Waals surface area contributed by atoms with E-state index in [4.69, 9.17) is 4.74 Å². The molecule has 5 nitrogen and oxygen atoms in total. The number of anilines is 2. The Morgan fingerprint density at radius 2 is 1.96 bits per heavy atom. The third-order valence-corrected chi connectivity index (χ3v) is 3.92. The van der Waals surface area contributed by atoms with Gasteiger partial charge in [0.2, 0.25) is 0 Å². The van der Waals surface area contributed by atoms with Gasteiger partial charge in [0.05, 0.1) is 5.69 Å². The third kappa shape index (κ3) is 3.25. The molecular formula is C19H20N2O3. The van der Waals surface area contributed by atoms with Gasteiger partial charge in [0.25, 0.3) is 11.8 Å². The molecule has 5 heteroatoms. The molecule has 124 valence electrons. The van der Waals surface area contributed by atoms with Gasteiger partial charge in [-0.15, -0.1) is 0 Å². The molecular weight excluding hydrogens is 304 g/mol. The van der Waals surface area contributed by atoms with Crippen LogP contribution in [0.2, 0.25) is 0 Å². The minimum absolute atomic E-state index is 0.0301. The van der Waals surface area contributed by atoms with Gasteiger partial charge < -0.3 is 15.0 Å². The van der Waals surface area contributed by atoms with Gasteiger partial charge in [-0.25, -0.2) is 0 Å². The zero-order chi connectivity index (χ0) is 17.1. The number of aryl methyl sites for hydroxylation is 1. The molecule has 0 spiro atoms. The first kappa shape index (κ1) is 16.1. The van der Waals surface area contributed by atoms with Crippen molar-refractivity contribution in [2.24, 2.45) is 0 Å². The molecule has 1 aliphatic heterocycles. The van der Waals surface area contributed by atoms with Crippen LogP contribution in [0.1, 0.15) is 29.3 Å². The molecule has 0 saturated heterocycles. The summed E-state index contributed by atoms with van der Waals surface area (Å²) in [6, 6.07) is 12.7. The first-order valence-electron chi connectivity index (χ1n) is 8.03. The van der Waals surface area contributed by atoms with Gasteiger partial charge in [-0.2, -0.15) is 0 Å². The SMILES string of the molecule is CCCN1C(=O)COc2cc(NC(=O)c3ccc(C)cc3)ccc21. The fourth-order valence-corrected chi connectivity index (χ4v) is 2.66. The predicted molar refractivity (Wildman–Crippen MR) is 93.7 cm³/mol. The second-order valence-electron chi connectivity index (χ2n) is 5.84. The maximum Gasteiger partial charge on any atom is 0.265 e. The molecule has 1 aliphatic rings. The summed E-state index contributed by atoms with van der Waals surface area (Å²) in [5.41, 5.74) is 3.10. The summed E-state index contributed by atoms with van der Waals surface area (Å²) < 4.78 is 5.51. The van der Waals surface area contributed by atoms with E-state index in [1.807, 2.05) is 32.0 Å². The number of nitrogens with one attached hydrogen (secondary N) is 1. The number of carbonyl (C=O) groups is 2. The molecule has 0 unspecified atom stereocenters. The smallest absolute Gasteiger partial charge is 0.265 e. The minimum atomic E-state index is -0.174. The lowest BCUT2D eigenvalue weighted by Gasteiger charge is -2.29. The Hall–Kier alpha value is -2.82. The fraction of sp³-hybridized carbons (Fsp3) is 0.263. The Balaban J connectivity index is 1.80. The molecule has 0 atom stereocenters. The summed E-state index contributed by atoms with van der Waals surface area (Å²) >= 11 is 0. The molecule has 0 aliphatic carbocycles. The van der Waals surface area contributed by atoms with Gasteiger partial charge >= 0.3 is 0 Å². The maximum atomic E-state index is 12.3. The van der Waals surface area contributed by atoms with Crippen molar-refractivity contribution in [2.75, 3.05) is 23.4 Å². The molecule has 0 bridgehead atoms. The summed E-state index contributed by atoms with van der Waals surface area (Å²) in [6.45, 7) is 4.69. The van der Waals surface area contributed by atoms with E-state index in [0.29, 0.717) is 23.5 Å². The zero-order valence-electron chi connectivity index (χ0n) is 13.8. The monoisotopic (exact) mass is 324 g/mol. The van der Waals surface area contributed by atoms with E-state index < -0.39 is 0 Å². The van der Waals surface area contributed by atoms with E-state index in [0.717, 1.165) is 17.7 Å². The van der Waals surface area contributed by atoms with E-state index in [-0.39, 0.29) is 18.4 Å².